The molecule has 0 spiro atoms. The molecule has 1 fully saturated rings. The van der Waals surface area contributed by atoms with Gasteiger partial charge < -0.3 is 10.0 Å². The van der Waals surface area contributed by atoms with E-state index in [1.165, 1.54) is 9.08 Å². The highest BCUT2D eigenvalue weighted by Crippen LogP contribution is 2.29. The molecular formula is C14H18N4O3. The minimum Gasteiger partial charge on any atom is -0.481 e. The highest BCUT2D eigenvalue weighted by Gasteiger charge is 2.40. The third kappa shape index (κ3) is 2.44. The summed E-state index contributed by atoms with van der Waals surface area (Å²) in [6.07, 6.45) is 2.33. The van der Waals surface area contributed by atoms with Gasteiger partial charge in [0.05, 0.1) is 12.0 Å². The fourth-order valence-corrected chi connectivity index (χ4v) is 2.77. The molecule has 1 aliphatic rings. The number of aromatic nitrogens is 3. The van der Waals surface area contributed by atoms with Crippen molar-refractivity contribution < 1.29 is 9.90 Å². The van der Waals surface area contributed by atoms with Gasteiger partial charge in [-0.2, -0.15) is 0 Å². The molecule has 3 rings (SSSR count). The van der Waals surface area contributed by atoms with Crippen LogP contribution in [0.4, 0.5) is 0 Å². The van der Waals surface area contributed by atoms with Crippen molar-refractivity contribution in [2.45, 2.75) is 19.9 Å². The molecule has 0 bridgehead atoms. The first kappa shape index (κ1) is 13.8. The minimum absolute atomic E-state index is 0.161. The third-order valence-electron chi connectivity index (χ3n) is 4.19. The predicted octanol–water partition coefficient (Wildman–Crippen LogP) is 0.293. The number of carboxylic acid groups (broad SMARTS) is 1. The number of hydrogen-bond acceptors (Lipinski definition) is 4. The molecule has 112 valence electrons. The number of fused-ring (bicyclic) bond motifs is 1. The molecule has 1 atom stereocenters. The molecule has 0 amide bonds. The number of nitrogens with zero attached hydrogens (tertiary/aromatic N) is 4. The Balaban J connectivity index is 1.69. The largest absolute Gasteiger partial charge is 0.481 e. The van der Waals surface area contributed by atoms with Crippen LogP contribution < -0.4 is 5.69 Å². The van der Waals surface area contributed by atoms with Gasteiger partial charge in [-0.1, -0.05) is 6.07 Å². The van der Waals surface area contributed by atoms with Gasteiger partial charge in [-0.3, -0.25) is 9.20 Å². The topological polar surface area (TPSA) is 79.8 Å². The van der Waals surface area contributed by atoms with Crippen LogP contribution >= 0.6 is 0 Å². The zero-order valence-electron chi connectivity index (χ0n) is 11.9. The lowest BCUT2D eigenvalue weighted by atomic mass is 9.90. The van der Waals surface area contributed by atoms with Crippen molar-refractivity contribution in [3.8, 4) is 0 Å². The molecule has 1 saturated heterocycles. The SMILES string of the molecule is CC1(C(=O)O)CCN(CCn2nc3ccccn3c2=O)C1. The van der Waals surface area contributed by atoms with Gasteiger partial charge >= 0.3 is 11.7 Å². The van der Waals surface area contributed by atoms with Crippen molar-refractivity contribution in [3.63, 3.8) is 0 Å². The summed E-state index contributed by atoms with van der Waals surface area (Å²) in [6.45, 7) is 4.13. The van der Waals surface area contributed by atoms with Crippen LogP contribution in [-0.4, -0.2) is 49.8 Å². The molecule has 7 nitrogen and oxygen atoms in total. The van der Waals surface area contributed by atoms with Crippen molar-refractivity contribution in [1.29, 1.82) is 0 Å². The van der Waals surface area contributed by atoms with Gasteiger partial charge in [0.15, 0.2) is 5.65 Å². The number of pyridine rings is 1. The molecule has 21 heavy (non-hydrogen) atoms. The molecular weight excluding hydrogens is 272 g/mol. The lowest BCUT2D eigenvalue weighted by molar-refractivity contribution is -0.147. The van der Waals surface area contributed by atoms with Gasteiger partial charge in [0.2, 0.25) is 0 Å². The Hall–Kier alpha value is -2.15. The Labute approximate surface area is 121 Å². The molecule has 1 unspecified atom stereocenters. The second-order valence-electron chi connectivity index (χ2n) is 5.83. The third-order valence-corrected chi connectivity index (χ3v) is 4.19. The lowest BCUT2D eigenvalue weighted by Crippen LogP contribution is -2.34. The molecule has 0 radical (unpaired) electrons. The quantitative estimate of drug-likeness (QED) is 0.875. The van der Waals surface area contributed by atoms with Gasteiger partial charge in [0.1, 0.15) is 0 Å². The maximum absolute atomic E-state index is 12.1. The highest BCUT2D eigenvalue weighted by atomic mass is 16.4. The summed E-state index contributed by atoms with van der Waals surface area (Å²) in [5.74, 6) is -0.755. The summed E-state index contributed by atoms with van der Waals surface area (Å²) < 4.78 is 2.94. The minimum atomic E-state index is -0.755. The van der Waals surface area contributed by atoms with Crippen molar-refractivity contribution in [2.75, 3.05) is 19.6 Å². The number of hydrogen-bond donors (Lipinski definition) is 1. The average molecular weight is 290 g/mol. The number of aliphatic carboxylic acids is 1. The van der Waals surface area contributed by atoms with Gasteiger partial charge in [-0.15, -0.1) is 5.10 Å². The molecule has 1 N–H and O–H groups in total. The Morgan fingerprint density at radius 3 is 2.90 bits per heavy atom. The van der Waals surface area contributed by atoms with Crippen LogP contribution in [0.3, 0.4) is 0 Å². The van der Waals surface area contributed by atoms with E-state index < -0.39 is 11.4 Å². The Bertz CT molecular complexity index is 735. The normalized spacial score (nSPS) is 22.9. The van der Waals surface area contributed by atoms with Crippen LogP contribution in [0.5, 0.6) is 0 Å². The zero-order valence-corrected chi connectivity index (χ0v) is 11.9. The van der Waals surface area contributed by atoms with Crippen molar-refractivity contribution in [3.05, 3.63) is 34.9 Å². The number of likely N-dealkylation sites (tertiary alicyclic amines) is 1. The Morgan fingerprint density at radius 2 is 2.24 bits per heavy atom. The summed E-state index contributed by atoms with van der Waals surface area (Å²) in [5, 5.41) is 13.5. The average Bonchev–Trinajstić information content (AvgIpc) is 3.00. The first-order valence-electron chi connectivity index (χ1n) is 7.00. The van der Waals surface area contributed by atoms with E-state index in [0.29, 0.717) is 31.7 Å². The molecule has 0 saturated carbocycles. The maximum Gasteiger partial charge on any atom is 0.350 e. The van der Waals surface area contributed by atoms with Crippen molar-refractivity contribution >= 4 is 11.6 Å². The number of carbonyl (C=O) groups is 1. The fraction of sp³-hybridized carbons (Fsp3) is 0.500. The van der Waals surface area contributed by atoms with Crippen molar-refractivity contribution in [2.24, 2.45) is 5.41 Å². The van der Waals surface area contributed by atoms with Gasteiger partial charge in [0.25, 0.3) is 0 Å². The summed E-state index contributed by atoms with van der Waals surface area (Å²) in [7, 11) is 0. The Morgan fingerprint density at radius 1 is 1.43 bits per heavy atom. The molecule has 0 aromatic carbocycles. The van der Waals surface area contributed by atoms with E-state index in [1.54, 1.807) is 25.3 Å². The van der Waals surface area contributed by atoms with Crippen LogP contribution in [0.2, 0.25) is 0 Å². The summed E-state index contributed by atoms with van der Waals surface area (Å²) in [4.78, 5) is 25.4. The van der Waals surface area contributed by atoms with E-state index in [0.717, 1.165) is 6.54 Å². The number of rotatable bonds is 4. The van der Waals surface area contributed by atoms with Crippen LogP contribution in [0.1, 0.15) is 13.3 Å². The van der Waals surface area contributed by atoms with E-state index in [4.69, 9.17) is 0 Å². The van der Waals surface area contributed by atoms with E-state index in [9.17, 15) is 14.7 Å². The lowest BCUT2D eigenvalue weighted by Gasteiger charge is -2.19. The van der Waals surface area contributed by atoms with Gasteiger partial charge in [-0.25, -0.2) is 9.48 Å². The van der Waals surface area contributed by atoms with Crippen LogP contribution in [0.25, 0.3) is 5.65 Å². The van der Waals surface area contributed by atoms with E-state index >= 15 is 0 Å². The maximum atomic E-state index is 12.1. The van der Waals surface area contributed by atoms with Crippen LogP contribution in [-0.2, 0) is 11.3 Å². The molecule has 2 aromatic rings. The molecule has 0 aliphatic carbocycles. The smallest absolute Gasteiger partial charge is 0.350 e. The molecule has 2 aromatic heterocycles. The predicted molar refractivity (Wildman–Crippen MR) is 76.3 cm³/mol. The summed E-state index contributed by atoms with van der Waals surface area (Å²) in [5.41, 5.74) is -0.214. The van der Waals surface area contributed by atoms with E-state index in [-0.39, 0.29) is 5.69 Å². The monoisotopic (exact) mass is 290 g/mol. The molecule has 1 aliphatic heterocycles. The highest BCUT2D eigenvalue weighted by molar-refractivity contribution is 5.74. The van der Waals surface area contributed by atoms with E-state index in [2.05, 4.69) is 10.00 Å². The number of carboxylic acids is 1. The molecule has 7 heteroatoms. The molecule has 3 heterocycles. The van der Waals surface area contributed by atoms with Gasteiger partial charge in [0, 0.05) is 19.3 Å². The van der Waals surface area contributed by atoms with Crippen LogP contribution in [0.15, 0.2) is 29.2 Å². The first-order valence-corrected chi connectivity index (χ1v) is 7.00. The Kier molecular flexibility index (Phi) is 3.29. The zero-order chi connectivity index (χ0) is 15.0. The summed E-state index contributed by atoms with van der Waals surface area (Å²) >= 11 is 0. The van der Waals surface area contributed by atoms with Crippen molar-refractivity contribution in [1.82, 2.24) is 19.1 Å². The first-order chi connectivity index (χ1) is 9.99. The fourth-order valence-electron chi connectivity index (χ4n) is 2.77. The van der Waals surface area contributed by atoms with Crippen LogP contribution in [0, 0.1) is 5.41 Å². The van der Waals surface area contributed by atoms with Gasteiger partial charge in [-0.05, 0) is 32.0 Å². The summed E-state index contributed by atoms with van der Waals surface area (Å²) in [6, 6.07) is 5.42. The second kappa shape index (κ2) is 5.00. The van der Waals surface area contributed by atoms with E-state index in [1.807, 2.05) is 6.07 Å². The second-order valence-corrected chi connectivity index (χ2v) is 5.83. The standard InChI is InChI=1S/C14H18N4O3/c1-14(12(19)20)5-7-16(10-14)8-9-18-13(21)17-6-3-2-4-11(17)15-18/h2-4,6H,5,7-10H2,1H3,(H,19,20).